The van der Waals surface area contributed by atoms with Crippen molar-refractivity contribution in [2.75, 3.05) is 0 Å². The zero-order valence-electron chi connectivity index (χ0n) is 24.4. The highest BCUT2D eigenvalue weighted by Gasteiger charge is 2.38. The van der Waals surface area contributed by atoms with Crippen molar-refractivity contribution in [1.82, 2.24) is 9.97 Å². The first-order chi connectivity index (χ1) is 22.0. The van der Waals surface area contributed by atoms with Crippen LogP contribution in [0, 0.1) is 23.3 Å². The van der Waals surface area contributed by atoms with E-state index in [1.54, 1.807) is 0 Å². The van der Waals surface area contributed by atoms with E-state index in [-0.39, 0.29) is 46.9 Å². The monoisotopic (exact) mass is 632 g/mol. The van der Waals surface area contributed by atoms with Crippen molar-refractivity contribution >= 4 is 11.8 Å². The van der Waals surface area contributed by atoms with E-state index in [9.17, 15) is 27.2 Å². The predicted octanol–water partition coefficient (Wildman–Crippen LogP) is 5.80. The first kappa shape index (κ1) is 30.0. The molecule has 4 aliphatic heterocycles. The normalized spacial score (nSPS) is 22.0. The number of amides is 2. The summed E-state index contributed by atoms with van der Waals surface area (Å²) in [6.45, 7) is 0. The predicted molar refractivity (Wildman–Crippen MR) is 157 cm³/mol. The van der Waals surface area contributed by atoms with E-state index in [1.807, 2.05) is 0 Å². The third-order valence-corrected chi connectivity index (χ3v) is 8.95. The smallest absolute Gasteiger partial charge is 0.267 e. The summed E-state index contributed by atoms with van der Waals surface area (Å²) in [5.41, 5.74) is 15.4. The largest absolute Gasteiger partial charge is 0.368 e. The van der Waals surface area contributed by atoms with E-state index in [4.69, 9.17) is 20.9 Å². The maximum Gasteiger partial charge on any atom is 0.267 e. The lowest BCUT2D eigenvalue weighted by Crippen LogP contribution is -2.23. The fourth-order valence-electron chi connectivity index (χ4n) is 6.86. The summed E-state index contributed by atoms with van der Waals surface area (Å²) < 4.78 is 66.5. The minimum Gasteiger partial charge on any atom is -0.368 e. The third-order valence-electron chi connectivity index (χ3n) is 8.95. The number of rotatable bonds is 4. The van der Waals surface area contributed by atoms with Gasteiger partial charge in [-0.05, 0) is 84.3 Å². The molecular formula is C34H28F4N4O4. The Hall–Kier alpha value is -4.68. The van der Waals surface area contributed by atoms with Gasteiger partial charge in [0.15, 0.2) is 0 Å². The van der Waals surface area contributed by atoms with E-state index >= 15 is 0 Å². The van der Waals surface area contributed by atoms with Gasteiger partial charge in [0.25, 0.3) is 11.8 Å². The summed E-state index contributed by atoms with van der Waals surface area (Å²) in [7, 11) is 0. The van der Waals surface area contributed by atoms with Gasteiger partial charge in [-0.25, -0.2) is 27.5 Å². The molecule has 0 spiro atoms. The average Bonchev–Trinajstić information content (AvgIpc) is 3.60. The summed E-state index contributed by atoms with van der Waals surface area (Å²) in [4.78, 5) is 31.8. The standard InChI is InChI=1S/2C17H14F2N2O2/c2*18-8-1-3-10(13(19)5-8)11-7-14(17(20)22)21-16-12(11)6-9-2-4-15(16)23-9/h2*1,3,5,7,9,15H,2,4,6H2,(H2,20,22)/t2*9-,15+/m10/s1. The van der Waals surface area contributed by atoms with Crippen LogP contribution in [0.15, 0.2) is 48.5 Å². The molecule has 46 heavy (non-hydrogen) atoms. The number of carbonyl (C=O) groups is 2. The lowest BCUT2D eigenvalue weighted by molar-refractivity contribution is 0.0293. The van der Waals surface area contributed by atoms with Crippen molar-refractivity contribution in [3.05, 3.63) is 106 Å². The zero-order valence-corrected chi connectivity index (χ0v) is 24.4. The summed E-state index contributed by atoms with van der Waals surface area (Å²) in [5.74, 6) is -4.01. The summed E-state index contributed by atoms with van der Waals surface area (Å²) in [6, 6.07) is 9.79. The molecule has 2 amide bonds. The van der Waals surface area contributed by atoms with Gasteiger partial charge in [0, 0.05) is 36.1 Å². The molecule has 8 nitrogen and oxygen atoms in total. The van der Waals surface area contributed by atoms with E-state index in [0.717, 1.165) is 48.9 Å². The average molecular weight is 633 g/mol. The maximum atomic E-state index is 14.2. The van der Waals surface area contributed by atoms with Crippen LogP contribution < -0.4 is 11.5 Å². The molecule has 6 heterocycles. The van der Waals surface area contributed by atoms with E-state index in [2.05, 4.69) is 9.97 Å². The fraction of sp³-hybridized carbons (Fsp3) is 0.294. The van der Waals surface area contributed by atoms with E-state index in [0.29, 0.717) is 35.4 Å². The minimum atomic E-state index is -0.684. The van der Waals surface area contributed by atoms with Crippen LogP contribution in [0.25, 0.3) is 22.3 Å². The number of fused-ring (bicyclic) bond motifs is 8. The van der Waals surface area contributed by atoms with E-state index < -0.39 is 35.1 Å². The second-order valence-electron chi connectivity index (χ2n) is 11.9. The van der Waals surface area contributed by atoms with Gasteiger partial charge in [-0.2, -0.15) is 0 Å². The molecule has 0 unspecified atom stereocenters. The Morgan fingerprint density at radius 3 is 1.39 bits per heavy atom. The van der Waals surface area contributed by atoms with Gasteiger partial charge in [0.2, 0.25) is 0 Å². The number of primary amides is 2. The van der Waals surface area contributed by atoms with Crippen LogP contribution in [0.1, 0.15) is 81.4 Å². The van der Waals surface area contributed by atoms with E-state index in [1.165, 1.54) is 36.4 Å². The Balaban J connectivity index is 0.000000147. The molecule has 12 heteroatoms. The van der Waals surface area contributed by atoms with Crippen molar-refractivity contribution in [3.63, 3.8) is 0 Å². The molecule has 2 aromatic carbocycles. The quantitative estimate of drug-likeness (QED) is 0.274. The summed E-state index contributed by atoms with van der Waals surface area (Å²) >= 11 is 0. The van der Waals surface area contributed by atoms with Gasteiger partial charge in [-0.1, -0.05) is 0 Å². The molecule has 4 atom stereocenters. The lowest BCUT2D eigenvalue weighted by atomic mass is 9.92. The molecule has 8 rings (SSSR count). The minimum absolute atomic E-state index is 0.0661. The van der Waals surface area contributed by atoms with Crippen molar-refractivity contribution in [1.29, 1.82) is 0 Å². The highest BCUT2D eigenvalue weighted by Crippen LogP contribution is 2.45. The Kier molecular flexibility index (Phi) is 7.56. The number of hydrogen-bond acceptors (Lipinski definition) is 6. The number of aromatic nitrogens is 2. The molecule has 0 radical (unpaired) electrons. The lowest BCUT2D eigenvalue weighted by Gasteiger charge is -2.26. The molecule has 0 saturated carbocycles. The SMILES string of the molecule is NC(=O)c1cc(-c2ccc(F)cc2F)c2c(n1)[C@@H]1CC[C@H](C2)O1.NC(=O)c1cc(-c2ccc(F)cc2F)c2c(n1)[C@H]1CC[C@@H](C2)O1. The highest BCUT2D eigenvalue weighted by atomic mass is 19.1. The second-order valence-corrected chi connectivity index (χ2v) is 11.9. The van der Waals surface area contributed by atoms with Gasteiger partial charge in [-0.15, -0.1) is 0 Å². The molecule has 2 saturated heterocycles. The van der Waals surface area contributed by atoms with Crippen molar-refractivity contribution < 1.29 is 36.6 Å². The molecule has 2 aromatic heterocycles. The number of halogens is 4. The molecule has 4 aliphatic rings. The molecule has 0 aliphatic carbocycles. The van der Waals surface area contributed by atoms with Gasteiger partial charge >= 0.3 is 0 Å². The molecule has 4 aromatic rings. The van der Waals surface area contributed by atoms with Crippen LogP contribution >= 0.6 is 0 Å². The van der Waals surface area contributed by atoms with Crippen LogP contribution in [0.5, 0.6) is 0 Å². The topological polar surface area (TPSA) is 130 Å². The third kappa shape index (κ3) is 5.41. The molecule has 2 fully saturated rings. The molecule has 236 valence electrons. The molecule has 4 N–H and O–H groups in total. The number of ether oxygens (including phenoxy) is 2. The van der Waals surface area contributed by atoms with Crippen LogP contribution in [0.4, 0.5) is 17.6 Å². The Bertz CT molecular complexity index is 1780. The Labute approximate surface area is 260 Å². The second kappa shape index (κ2) is 11.6. The van der Waals surface area contributed by atoms with Crippen LogP contribution in [-0.2, 0) is 22.3 Å². The van der Waals surface area contributed by atoms with Crippen LogP contribution in [0.3, 0.4) is 0 Å². The zero-order chi connectivity index (χ0) is 32.3. The number of carbonyl (C=O) groups excluding carboxylic acids is 2. The Morgan fingerprint density at radius 2 is 1.02 bits per heavy atom. The van der Waals surface area contributed by atoms with Gasteiger partial charge < -0.3 is 20.9 Å². The van der Waals surface area contributed by atoms with Crippen molar-refractivity contribution in [2.45, 2.75) is 62.9 Å². The summed E-state index contributed by atoms with van der Waals surface area (Å²) in [6.07, 6.45) is 4.42. The highest BCUT2D eigenvalue weighted by molar-refractivity contribution is 5.93. The van der Waals surface area contributed by atoms with Crippen molar-refractivity contribution in [3.8, 4) is 22.3 Å². The van der Waals surface area contributed by atoms with Gasteiger partial charge in [0.1, 0.15) is 46.9 Å². The molecular weight excluding hydrogens is 604 g/mol. The van der Waals surface area contributed by atoms with Crippen LogP contribution in [-0.4, -0.2) is 34.0 Å². The van der Waals surface area contributed by atoms with Crippen LogP contribution in [0.2, 0.25) is 0 Å². The summed E-state index contributed by atoms with van der Waals surface area (Å²) in [5, 5.41) is 0. The molecule has 4 bridgehead atoms. The van der Waals surface area contributed by atoms with Gasteiger partial charge in [0.05, 0.1) is 23.6 Å². The maximum absolute atomic E-state index is 14.2. The Morgan fingerprint density at radius 1 is 0.609 bits per heavy atom. The number of benzene rings is 2. The van der Waals surface area contributed by atoms with Crippen molar-refractivity contribution in [2.24, 2.45) is 11.5 Å². The first-order valence-corrected chi connectivity index (χ1v) is 14.9. The number of nitrogens with two attached hydrogens (primary N) is 2. The van der Waals surface area contributed by atoms with Gasteiger partial charge in [-0.3, -0.25) is 9.59 Å². The number of nitrogens with zero attached hydrogens (tertiary/aromatic N) is 2. The first-order valence-electron chi connectivity index (χ1n) is 14.9. The number of pyridine rings is 2. The fourth-order valence-corrected chi connectivity index (χ4v) is 6.86. The number of hydrogen-bond donors (Lipinski definition) is 2.